The number of nitrogen functional groups attached to an aromatic ring is 1. The van der Waals surface area contributed by atoms with Gasteiger partial charge in [0, 0.05) is 12.6 Å². The maximum atomic E-state index is 12.0. The highest BCUT2D eigenvalue weighted by atomic mass is 16.1. The molecule has 0 saturated heterocycles. The molecule has 0 amide bonds. The topological polar surface area (TPSA) is 82.0 Å². The van der Waals surface area contributed by atoms with Gasteiger partial charge in [-0.2, -0.15) is 0 Å². The van der Waals surface area contributed by atoms with Crippen LogP contribution in [-0.2, 0) is 0 Å². The van der Waals surface area contributed by atoms with E-state index >= 15 is 0 Å². The highest BCUT2D eigenvalue weighted by Crippen LogP contribution is 2.22. The molecule has 4 heteroatoms. The summed E-state index contributed by atoms with van der Waals surface area (Å²) in [5.74, 6) is 1.44. The van der Waals surface area contributed by atoms with E-state index in [0.717, 1.165) is 12.8 Å². The first-order valence-electron chi connectivity index (χ1n) is 6.50. The molecule has 100 valence electrons. The minimum atomic E-state index is 0.0725. The van der Waals surface area contributed by atoms with E-state index in [1.54, 1.807) is 18.3 Å². The van der Waals surface area contributed by atoms with E-state index in [2.05, 4.69) is 18.8 Å². The number of hydrogen-bond acceptors (Lipinski definition) is 4. The first-order chi connectivity index (χ1) is 8.56. The van der Waals surface area contributed by atoms with E-state index in [1.165, 1.54) is 0 Å². The molecule has 1 aromatic rings. The lowest BCUT2D eigenvalue weighted by atomic mass is 9.87. The van der Waals surface area contributed by atoms with Crippen molar-refractivity contribution >= 4 is 11.6 Å². The summed E-state index contributed by atoms with van der Waals surface area (Å²) in [5.41, 5.74) is 11.8. The van der Waals surface area contributed by atoms with Gasteiger partial charge >= 0.3 is 0 Å². The Morgan fingerprint density at radius 2 is 2.11 bits per heavy atom. The molecule has 18 heavy (non-hydrogen) atoms. The number of ketones is 1. The van der Waals surface area contributed by atoms with Gasteiger partial charge in [0.2, 0.25) is 0 Å². The second kappa shape index (κ2) is 7.11. The summed E-state index contributed by atoms with van der Waals surface area (Å²) >= 11 is 0. The van der Waals surface area contributed by atoms with E-state index in [0.29, 0.717) is 36.2 Å². The van der Waals surface area contributed by atoms with Gasteiger partial charge in [-0.05, 0) is 43.4 Å². The van der Waals surface area contributed by atoms with Crippen LogP contribution in [0, 0.1) is 11.8 Å². The molecule has 4 nitrogen and oxygen atoms in total. The van der Waals surface area contributed by atoms with Gasteiger partial charge in [-0.1, -0.05) is 13.8 Å². The van der Waals surface area contributed by atoms with Crippen LogP contribution in [-0.4, -0.2) is 17.3 Å². The van der Waals surface area contributed by atoms with Crippen molar-refractivity contribution in [2.75, 3.05) is 12.3 Å². The Labute approximate surface area is 109 Å². The van der Waals surface area contributed by atoms with Crippen LogP contribution in [0.5, 0.6) is 0 Å². The van der Waals surface area contributed by atoms with Gasteiger partial charge in [-0.3, -0.25) is 4.79 Å². The molecule has 1 heterocycles. The molecule has 1 unspecified atom stereocenters. The van der Waals surface area contributed by atoms with E-state index in [9.17, 15) is 4.79 Å². The lowest BCUT2D eigenvalue weighted by Gasteiger charge is -2.19. The van der Waals surface area contributed by atoms with Gasteiger partial charge in [-0.15, -0.1) is 0 Å². The molecule has 0 aromatic carbocycles. The van der Waals surface area contributed by atoms with E-state index < -0.39 is 0 Å². The van der Waals surface area contributed by atoms with Gasteiger partial charge in [0.1, 0.15) is 5.82 Å². The molecule has 0 bridgehead atoms. The summed E-state index contributed by atoms with van der Waals surface area (Å²) in [6.45, 7) is 5.01. The summed E-state index contributed by atoms with van der Waals surface area (Å²) in [7, 11) is 0. The quantitative estimate of drug-likeness (QED) is 0.726. The van der Waals surface area contributed by atoms with Crippen molar-refractivity contribution in [3.8, 4) is 0 Å². The SMILES string of the molecule is CC(C)C(CCN)CCC(=O)c1cccnc1N. The number of rotatable bonds is 7. The first kappa shape index (κ1) is 14.6. The van der Waals surface area contributed by atoms with Crippen LogP contribution in [0.2, 0.25) is 0 Å². The van der Waals surface area contributed by atoms with Crippen LogP contribution >= 0.6 is 0 Å². The first-order valence-corrected chi connectivity index (χ1v) is 6.50. The third-order valence-corrected chi connectivity index (χ3v) is 3.36. The average molecular weight is 249 g/mol. The number of hydrogen-bond donors (Lipinski definition) is 2. The lowest BCUT2D eigenvalue weighted by Crippen LogP contribution is -2.16. The number of Topliss-reactive ketones (excluding diaryl/α,β-unsaturated/α-hetero) is 1. The van der Waals surface area contributed by atoms with Crippen molar-refractivity contribution in [3.05, 3.63) is 23.9 Å². The zero-order valence-corrected chi connectivity index (χ0v) is 11.2. The Morgan fingerprint density at radius 1 is 1.39 bits per heavy atom. The molecule has 0 saturated carbocycles. The predicted octanol–water partition coefficient (Wildman–Crippen LogP) is 2.25. The zero-order chi connectivity index (χ0) is 13.5. The van der Waals surface area contributed by atoms with Crippen molar-refractivity contribution < 1.29 is 4.79 Å². The standard InChI is InChI=1S/C14H23N3O/c1-10(2)11(7-8-15)5-6-13(18)12-4-3-9-17-14(12)16/h3-4,9-11H,5-8,15H2,1-2H3,(H2,16,17). The molecule has 0 fully saturated rings. The summed E-state index contributed by atoms with van der Waals surface area (Å²) in [5, 5.41) is 0. The van der Waals surface area contributed by atoms with Gasteiger partial charge in [0.05, 0.1) is 5.56 Å². The Bertz CT molecular complexity index is 390. The lowest BCUT2D eigenvalue weighted by molar-refractivity contribution is 0.0969. The predicted molar refractivity (Wildman–Crippen MR) is 74.2 cm³/mol. The maximum absolute atomic E-state index is 12.0. The van der Waals surface area contributed by atoms with Crippen LogP contribution in [0.1, 0.15) is 43.5 Å². The summed E-state index contributed by atoms with van der Waals surface area (Å²) in [6.07, 6.45) is 3.94. The highest BCUT2D eigenvalue weighted by molar-refractivity contribution is 5.99. The molecule has 0 aliphatic carbocycles. The monoisotopic (exact) mass is 249 g/mol. The van der Waals surface area contributed by atoms with E-state index in [4.69, 9.17) is 11.5 Å². The fourth-order valence-electron chi connectivity index (χ4n) is 2.13. The molecule has 1 rings (SSSR count). The minimum absolute atomic E-state index is 0.0725. The zero-order valence-electron chi connectivity index (χ0n) is 11.2. The van der Waals surface area contributed by atoms with E-state index in [-0.39, 0.29) is 5.78 Å². The van der Waals surface area contributed by atoms with Crippen molar-refractivity contribution in [1.82, 2.24) is 4.98 Å². The largest absolute Gasteiger partial charge is 0.383 e. The Morgan fingerprint density at radius 3 is 2.67 bits per heavy atom. The maximum Gasteiger partial charge on any atom is 0.166 e. The number of anilines is 1. The van der Waals surface area contributed by atoms with E-state index in [1.807, 2.05) is 0 Å². The normalized spacial score (nSPS) is 12.7. The number of carbonyl (C=O) groups is 1. The van der Waals surface area contributed by atoms with Gasteiger partial charge in [-0.25, -0.2) is 4.98 Å². The Kier molecular flexibility index (Phi) is 5.78. The molecule has 1 atom stereocenters. The Balaban J connectivity index is 2.58. The third kappa shape index (κ3) is 4.11. The minimum Gasteiger partial charge on any atom is -0.383 e. The molecule has 0 spiro atoms. The van der Waals surface area contributed by atoms with Crippen LogP contribution in [0.15, 0.2) is 18.3 Å². The average Bonchev–Trinajstić information content (AvgIpc) is 2.34. The molecule has 0 radical (unpaired) electrons. The van der Waals surface area contributed by atoms with Gasteiger partial charge in [0.15, 0.2) is 5.78 Å². The smallest absolute Gasteiger partial charge is 0.166 e. The van der Waals surface area contributed by atoms with Gasteiger partial charge < -0.3 is 11.5 Å². The van der Waals surface area contributed by atoms with Crippen molar-refractivity contribution in [1.29, 1.82) is 0 Å². The number of pyridine rings is 1. The molecule has 4 N–H and O–H groups in total. The van der Waals surface area contributed by atoms with Crippen molar-refractivity contribution in [2.45, 2.75) is 33.1 Å². The molecule has 1 aromatic heterocycles. The molecular formula is C14H23N3O. The summed E-state index contributed by atoms with van der Waals surface area (Å²) in [6, 6.07) is 3.47. The van der Waals surface area contributed by atoms with Crippen LogP contribution in [0.3, 0.4) is 0 Å². The number of aromatic nitrogens is 1. The van der Waals surface area contributed by atoms with Crippen molar-refractivity contribution in [3.63, 3.8) is 0 Å². The fourth-order valence-corrected chi connectivity index (χ4v) is 2.13. The van der Waals surface area contributed by atoms with Gasteiger partial charge in [0.25, 0.3) is 0 Å². The fraction of sp³-hybridized carbons (Fsp3) is 0.571. The number of nitrogens with two attached hydrogens (primary N) is 2. The van der Waals surface area contributed by atoms with Crippen LogP contribution in [0.25, 0.3) is 0 Å². The molecule has 0 aliphatic rings. The van der Waals surface area contributed by atoms with Crippen molar-refractivity contribution in [2.24, 2.45) is 17.6 Å². The van der Waals surface area contributed by atoms with Crippen LogP contribution in [0.4, 0.5) is 5.82 Å². The molecular weight excluding hydrogens is 226 g/mol. The third-order valence-electron chi connectivity index (χ3n) is 3.36. The second-order valence-corrected chi connectivity index (χ2v) is 4.98. The second-order valence-electron chi connectivity index (χ2n) is 4.98. The Hall–Kier alpha value is -1.42. The summed E-state index contributed by atoms with van der Waals surface area (Å²) < 4.78 is 0. The molecule has 0 aliphatic heterocycles. The number of nitrogens with zero attached hydrogens (tertiary/aromatic N) is 1. The highest BCUT2D eigenvalue weighted by Gasteiger charge is 2.16. The summed E-state index contributed by atoms with van der Waals surface area (Å²) in [4.78, 5) is 16.0. The number of carbonyl (C=O) groups excluding carboxylic acids is 1. The van der Waals surface area contributed by atoms with Crippen LogP contribution < -0.4 is 11.5 Å².